The Morgan fingerprint density at radius 1 is 0.886 bits per heavy atom. The maximum Gasteiger partial charge on any atom is 0.229 e. The molecule has 5 rings (SSSR count). The summed E-state index contributed by atoms with van der Waals surface area (Å²) in [5.41, 5.74) is 4.58. The monoisotopic (exact) mass is 506 g/mol. The molecule has 2 heterocycles. The Morgan fingerprint density at radius 2 is 1.60 bits per heavy atom. The summed E-state index contributed by atoms with van der Waals surface area (Å²) in [4.78, 5) is 12.9. The lowest BCUT2D eigenvalue weighted by molar-refractivity contribution is 0.580. The zero-order valence-corrected chi connectivity index (χ0v) is 20.2. The van der Waals surface area contributed by atoms with Crippen molar-refractivity contribution in [3.63, 3.8) is 0 Å². The lowest BCUT2D eigenvalue weighted by Gasteiger charge is -2.11. The maximum absolute atomic E-state index is 12.0. The van der Waals surface area contributed by atoms with Gasteiger partial charge in [-0.2, -0.15) is 4.98 Å². The largest absolute Gasteiger partial charge is 0.339 e. The van der Waals surface area contributed by atoms with Crippen molar-refractivity contribution < 1.29 is 8.42 Å². The first kappa shape index (κ1) is 23.2. The summed E-state index contributed by atoms with van der Waals surface area (Å²) in [5.74, 6) is 0.857. The summed E-state index contributed by atoms with van der Waals surface area (Å²) < 4.78 is 26.6. The number of benzene rings is 2. The van der Waals surface area contributed by atoms with Gasteiger partial charge in [-0.15, -0.1) is 0 Å². The van der Waals surface area contributed by atoms with Crippen LogP contribution in [0.1, 0.15) is 18.4 Å². The average molecular weight is 507 g/mol. The normalized spacial score (nSPS) is 13.4. The molecule has 35 heavy (non-hydrogen) atoms. The number of sulfonamides is 1. The van der Waals surface area contributed by atoms with Gasteiger partial charge < -0.3 is 10.6 Å². The summed E-state index contributed by atoms with van der Waals surface area (Å²) in [6.07, 6.45) is 6.58. The van der Waals surface area contributed by atoms with Crippen LogP contribution in [0, 0.1) is 0 Å². The zero-order valence-electron chi connectivity index (χ0n) is 18.6. The van der Waals surface area contributed by atoms with E-state index in [-0.39, 0.29) is 11.8 Å². The van der Waals surface area contributed by atoms with Crippen LogP contribution in [0.25, 0.3) is 11.1 Å². The van der Waals surface area contributed by atoms with Crippen molar-refractivity contribution in [1.29, 1.82) is 0 Å². The van der Waals surface area contributed by atoms with E-state index in [0.717, 1.165) is 40.9 Å². The lowest BCUT2D eigenvalue weighted by atomic mass is 10.1. The number of hydrogen-bond donors (Lipinski definition) is 3. The van der Waals surface area contributed by atoms with Crippen LogP contribution in [0.15, 0.2) is 79.3 Å². The van der Waals surface area contributed by atoms with Gasteiger partial charge in [0, 0.05) is 30.3 Å². The number of nitrogens with zero attached hydrogens (tertiary/aromatic N) is 3. The number of anilines is 4. The minimum Gasteiger partial charge on any atom is -0.339 e. The van der Waals surface area contributed by atoms with Gasteiger partial charge in [0.25, 0.3) is 0 Å². The Labute approximate surface area is 208 Å². The van der Waals surface area contributed by atoms with Gasteiger partial charge in [-0.3, -0.25) is 4.98 Å². The number of aromatic nitrogens is 3. The number of pyridine rings is 1. The smallest absolute Gasteiger partial charge is 0.229 e. The lowest BCUT2D eigenvalue weighted by Crippen LogP contribution is -2.26. The van der Waals surface area contributed by atoms with Gasteiger partial charge in [0.1, 0.15) is 5.02 Å². The SMILES string of the molecule is O=S(=O)(NCc1ccc(Nc2nc(Nc3ccc(-c4cccnc4)cc3)ncc2Cl)cc1)C1CC1. The topological polar surface area (TPSA) is 109 Å². The van der Waals surface area contributed by atoms with Crippen LogP contribution in [0.3, 0.4) is 0 Å². The van der Waals surface area contributed by atoms with E-state index >= 15 is 0 Å². The first-order valence-electron chi connectivity index (χ1n) is 11.1. The molecule has 178 valence electrons. The Balaban J connectivity index is 1.23. The molecule has 0 spiro atoms. The van der Waals surface area contributed by atoms with E-state index in [1.54, 1.807) is 6.20 Å². The fraction of sp³-hybridized carbons (Fsp3) is 0.160. The number of halogens is 1. The van der Waals surface area contributed by atoms with Crippen molar-refractivity contribution in [2.24, 2.45) is 0 Å². The van der Waals surface area contributed by atoms with Crippen molar-refractivity contribution in [2.75, 3.05) is 10.6 Å². The highest BCUT2D eigenvalue weighted by Gasteiger charge is 2.35. The number of rotatable bonds is 9. The highest BCUT2D eigenvalue weighted by molar-refractivity contribution is 7.90. The zero-order chi connectivity index (χ0) is 24.3. The van der Waals surface area contributed by atoms with E-state index in [1.807, 2.05) is 66.9 Å². The molecule has 1 aliphatic carbocycles. The molecular weight excluding hydrogens is 484 g/mol. The van der Waals surface area contributed by atoms with Crippen molar-refractivity contribution >= 4 is 44.8 Å². The van der Waals surface area contributed by atoms with E-state index in [4.69, 9.17) is 11.6 Å². The highest BCUT2D eigenvalue weighted by atomic mass is 35.5. The molecule has 1 saturated carbocycles. The third-order valence-electron chi connectivity index (χ3n) is 5.54. The summed E-state index contributed by atoms with van der Waals surface area (Å²) in [6, 6.07) is 19.2. The van der Waals surface area contributed by atoms with Gasteiger partial charge >= 0.3 is 0 Å². The van der Waals surface area contributed by atoms with Crippen LogP contribution in [0.5, 0.6) is 0 Å². The quantitative estimate of drug-likeness (QED) is 0.284. The second kappa shape index (κ2) is 9.99. The Kier molecular flexibility index (Phi) is 6.63. The molecule has 2 aromatic carbocycles. The van der Waals surface area contributed by atoms with Gasteiger partial charge in [0.05, 0.1) is 11.4 Å². The van der Waals surface area contributed by atoms with Gasteiger partial charge in [0.2, 0.25) is 16.0 Å². The molecule has 0 aliphatic heterocycles. The van der Waals surface area contributed by atoms with E-state index < -0.39 is 10.0 Å². The number of nitrogens with one attached hydrogen (secondary N) is 3. The van der Waals surface area contributed by atoms with Gasteiger partial charge in [-0.25, -0.2) is 18.1 Å². The van der Waals surface area contributed by atoms with Crippen LogP contribution in [-0.2, 0) is 16.6 Å². The van der Waals surface area contributed by atoms with Crippen LogP contribution >= 0.6 is 11.6 Å². The Morgan fingerprint density at radius 3 is 2.29 bits per heavy atom. The Bertz CT molecular complexity index is 1410. The molecule has 4 aromatic rings. The van der Waals surface area contributed by atoms with E-state index in [9.17, 15) is 8.42 Å². The molecule has 8 nitrogen and oxygen atoms in total. The molecule has 0 unspecified atom stereocenters. The van der Waals surface area contributed by atoms with Gasteiger partial charge in [-0.05, 0) is 59.9 Å². The molecule has 0 amide bonds. The molecule has 1 aliphatic rings. The second-order valence-electron chi connectivity index (χ2n) is 8.22. The summed E-state index contributed by atoms with van der Waals surface area (Å²) in [5, 5.41) is 6.52. The molecule has 10 heteroatoms. The summed E-state index contributed by atoms with van der Waals surface area (Å²) in [6.45, 7) is 0.265. The van der Waals surface area contributed by atoms with Crippen LogP contribution in [0.2, 0.25) is 5.02 Å². The molecule has 1 fully saturated rings. The first-order valence-corrected chi connectivity index (χ1v) is 13.0. The van der Waals surface area contributed by atoms with Crippen molar-refractivity contribution in [3.05, 3.63) is 89.8 Å². The van der Waals surface area contributed by atoms with Crippen LogP contribution < -0.4 is 15.4 Å². The van der Waals surface area contributed by atoms with E-state index in [0.29, 0.717) is 16.8 Å². The highest BCUT2D eigenvalue weighted by Crippen LogP contribution is 2.28. The standard InChI is InChI=1S/C25H23ClN6O2S/c26-23-16-28-25(31-21-9-5-18(6-10-21)19-2-1-13-27-15-19)32-24(23)30-20-7-3-17(4-8-20)14-29-35(33,34)22-11-12-22/h1-10,13,15-16,22,29H,11-12,14H2,(H2,28,30,31,32). The third kappa shape index (κ3) is 5.94. The van der Waals surface area contributed by atoms with E-state index in [2.05, 4.69) is 30.3 Å². The fourth-order valence-corrected chi connectivity index (χ4v) is 4.94. The fourth-order valence-electron chi connectivity index (χ4n) is 3.45. The van der Waals surface area contributed by atoms with Crippen molar-refractivity contribution in [1.82, 2.24) is 19.7 Å². The minimum atomic E-state index is -3.21. The average Bonchev–Trinajstić information content (AvgIpc) is 3.73. The molecule has 3 N–H and O–H groups in total. The molecule has 0 bridgehead atoms. The summed E-state index contributed by atoms with van der Waals surface area (Å²) >= 11 is 6.31. The first-order chi connectivity index (χ1) is 17.0. The molecule has 0 radical (unpaired) electrons. The van der Waals surface area contributed by atoms with Crippen LogP contribution in [-0.4, -0.2) is 28.6 Å². The van der Waals surface area contributed by atoms with Gasteiger partial charge in [-0.1, -0.05) is 41.9 Å². The minimum absolute atomic E-state index is 0.231. The summed E-state index contributed by atoms with van der Waals surface area (Å²) in [7, 11) is -3.21. The van der Waals surface area contributed by atoms with Gasteiger partial charge in [0.15, 0.2) is 5.82 Å². The Hall–Kier alpha value is -3.53. The maximum atomic E-state index is 12.0. The predicted molar refractivity (Wildman–Crippen MR) is 139 cm³/mol. The number of hydrogen-bond acceptors (Lipinski definition) is 7. The van der Waals surface area contributed by atoms with Crippen LogP contribution in [0.4, 0.5) is 23.1 Å². The molecular formula is C25H23ClN6O2S. The van der Waals surface area contributed by atoms with Crippen molar-refractivity contribution in [3.8, 4) is 11.1 Å². The van der Waals surface area contributed by atoms with E-state index in [1.165, 1.54) is 6.20 Å². The second-order valence-corrected chi connectivity index (χ2v) is 10.7. The third-order valence-corrected chi connectivity index (χ3v) is 7.71. The molecule has 0 atom stereocenters. The molecule has 2 aromatic heterocycles. The van der Waals surface area contributed by atoms with Crippen molar-refractivity contribution in [2.45, 2.75) is 24.6 Å². The molecule has 0 saturated heterocycles. The predicted octanol–water partition coefficient (Wildman–Crippen LogP) is 5.26.